The first-order chi connectivity index (χ1) is 4.54. The Morgan fingerprint density at radius 2 is 1.80 bits per heavy atom. The van der Waals surface area contributed by atoms with Gasteiger partial charge >= 0.3 is 0 Å². The SMILES string of the molecule is CCP(=O)(CC)CC(N)=O. The highest BCUT2D eigenvalue weighted by Crippen LogP contribution is 2.43. The molecule has 0 saturated heterocycles. The standard InChI is InChI=1S/C6H14NO2P/c1-3-10(9,4-2)5-6(7)8/h3-5H2,1-2H3,(H2,7,8). The molecule has 0 aliphatic carbocycles. The van der Waals surface area contributed by atoms with E-state index in [0.717, 1.165) is 0 Å². The number of carbonyl (C=O) groups excluding carboxylic acids is 1. The second kappa shape index (κ2) is 3.77. The molecule has 60 valence electrons. The van der Waals surface area contributed by atoms with Gasteiger partial charge in [0.05, 0.1) is 13.3 Å². The van der Waals surface area contributed by atoms with Gasteiger partial charge in [0, 0.05) is 0 Å². The van der Waals surface area contributed by atoms with Crippen molar-refractivity contribution in [1.82, 2.24) is 0 Å². The molecule has 0 unspecified atom stereocenters. The minimum atomic E-state index is -2.21. The van der Waals surface area contributed by atoms with Crippen molar-refractivity contribution in [2.75, 3.05) is 18.5 Å². The van der Waals surface area contributed by atoms with Crippen molar-refractivity contribution in [3.05, 3.63) is 0 Å². The summed E-state index contributed by atoms with van der Waals surface area (Å²) >= 11 is 0. The van der Waals surface area contributed by atoms with Crippen molar-refractivity contribution in [3.8, 4) is 0 Å². The lowest BCUT2D eigenvalue weighted by Crippen LogP contribution is -2.17. The maximum absolute atomic E-state index is 11.5. The second-order valence-corrected chi connectivity index (χ2v) is 6.01. The van der Waals surface area contributed by atoms with E-state index in [9.17, 15) is 9.36 Å². The summed E-state index contributed by atoms with van der Waals surface area (Å²) in [5.74, 6) is -0.452. The normalized spacial score (nSPS) is 11.4. The average Bonchev–Trinajstić information content (AvgIpc) is 1.87. The molecule has 10 heavy (non-hydrogen) atoms. The van der Waals surface area contributed by atoms with Crippen molar-refractivity contribution in [2.45, 2.75) is 13.8 Å². The molecule has 0 bridgehead atoms. The molecule has 0 rings (SSSR count). The Morgan fingerprint density at radius 1 is 1.40 bits per heavy atom. The molecule has 1 amide bonds. The number of hydrogen-bond acceptors (Lipinski definition) is 2. The van der Waals surface area contributed by atoms with Crippen molar-refractivity contribution >= 4 is 13.0 Å². The first-order valence-electron chi connectivity index (χ1n) is 3.39. The molecular formula is C6H14NO2P. The van der Waals surface area contributed by atoms with Gasteiger partial charge in [-0.1, -0.05) is 13.8 Å². The Balaban J connectivity index is 4.07. The number of rotatable bonds is 4. The summed E-state index contributed by atoms with van der Waals surface area (Å²) in [5, 5.41) is 0. The summed E-state index contributed by atoms with van der Waals surface area (Å²) in [6.07, 6.45) is 1.22. The van der Waals surface area contributed by atoms with Gasteiger partial charge in [-0.2, -0.15) is 0 Å². The maximum Gasteiger partial charge on any atom is 0.224 e. The molecular weight excluding hydrogens is 149 g/mol. The third-order valence-electron chi connectivity index (χ3n) is 1.60. The third kappa shape index (κ3) is 3.02. The largest absolute Gasteiger partial charge is 0.369 e. The maximum atomic E-state index is 11.5. The Kier molecular flexibility index (Phi) is 3.66. The lowest BCUT2D eigenvalue weighted by Gasteiger charge is -2.10. The highest BCUT2D eigenvalue weighted by Gasteiger charge is 2.19. The van der Waals surface area contributed by atoms with Crippen molar-refractivity contribution in [3.63, 3.8) is 0 Å². The van der Waals surface area contributed by atoms with Crippen molar-refractivity contribution < 1.29 is 9.36 Å². The lowest BCUT2D eigenvalue weighted by molar-refractivity contribution is -0.115. The van der Waals surface area contributed by atoms with E-state index in [1.165, 1.54) is 0 Å². The summed E-state index contributed by atoms with van der Waals surface area (Å²) < 4.78 is 11.5. The second-order valence-electron chi connectivity index (χ2n) is 2.32. The molecule has 3 nitrogen and oxygen atoms in total. The Hall–Kier alpha value is -0.300. The van der Waals surface area contributed by atoms with E-state index in [1.807, 2.05) is 13.8 Å². The molecule has 0 fully saturated rings. The number of primary amides is 1. The molecule has 0 heterocycles. The fourth-order valence-corrected chi connectivity index (χ4v) is 2.19. The molecule has 0 aromatic heterocycles. The van der Waals surface area contributed by atoms with E-state index in [-0.39, 0.29) is 6.16 Å². The molecule has 0 aliphatic heterocycles. The van der Waals surface area contributed by atoms with E-state index >= 15 is 0 Å². The van der Waals surface area contributed by atoms with Crippen LogP contribution in [0.3, 0.4) is 0 Å². The van der Waals surface area contributed by atoms with Gasteiger partial charge in [0.1, 0.15) is 0 Å². The highest BCUT2D eigenvalue weighted by molar-refractivity contribution is 7.64. The van der Waals surface area contributed by atoms with Gasteiger partial charge in [0.2, 0.25) is 5.91 Å². The summed E-state index contributed by atoms with van der Waals surface area (Å²) in [7, 11) is -2.21. The minimum Gasteiger partial charge on any atom is -0.369 e. The Bertz CT molecular complexity index is 159. The lowest BCUT2D eigenvalue weighted by atomic mass is 10.8. The van der Waals surface area contributed by atoms with Gasteiger partial charge < -0.3 is 10.3 Å². The van der Waals surface area contributed by atoms with Gasteiger partial charge in [-0.05, 0) is 12.3 Å². The van der Waals surface area contributed by atoms with E-state index in [0.29, 0.717) is 12.3 Å². The van der Waals surface area contributed by atoms with Gasteiger partial charge in [-0.25, -0.2) is 0 Å². The zero-order chi connectivity index (χ0) is 8.20. The van der Waals surface area contributed by atoms with E-state index < -0.39 is 13.0 Å². The molecule has 0 aliphatic rings. The van der Waals surface area contributed by atoms with Crippen LogP contribution in [-0.2, 0) is 9.36 Å². The van der Waals surface area contributed by atoms with Gasteiger partial charge in [-0.15, -0.1) is 0 Å². The minimum absolute atomic E-state index is 0.0694. The molecule has 4 heteroatoms. The Labute approximate surface area is 61.4 Å². The van der Waals surface area contributed by atoms with E-state index in [1.54, 1.807) is 0 Å². The van der Waals surface area contributed by atoms with Gasteiger partial charge in [-0.3, -0.25) is 4.79 Å². The highest BCUT2D eigenvalue weighted by atomic mass is 31.2. The molecule has 0 spiro atoms. The van der Waals surface area contributed by atoms with Crippen LogP contribution in [0.25, 0.3) is 0 Å². The van der Waals surface area contributed by atoms with Crippen molar-refractivity contribution in [2.24, 2.45) is 5.73 Å². The van der Waals surface area contributed by atoms with Crippen LogP contribution in [0.4, 0.5) is 0 Å². The predicted molar refractivity (Wildman–Crippen MR) is 42.7 cm³/mol. The Morgan fingerprint density at radius 3 is 1.90 bits per heavy atom. The van der Waals surface area contributed by atoms with Crippen LogP contribution in [0.15, 0.2) is 0 Å². The summed E-state index contributed by atoms with van der Waals surface area (Å²) in [5.41, 5.74) is 4.92. The molecule has 0 atom stereocenters. The summed E-state index contributed by atoms with van der Waals surface area (Å²) in [6.45, 7) is 3.65. The first-order valence-corrected chi connectivity index (χ1v) is 5.65. The predicted octanol–water partition coefficient (Wildman–Crippen LogP) is 0.875. The van der Waals surface area contributed by atoms with Crippen LogP contribution in [0.5, 0.6) is 0 Å². The zero-order valence-electron chi connectivity index (χ0n) is 6.46. The number of amides is 1. The van der Waals surface area contributed by atoms with Gasteiger partial charge in [0.25, 0.3) is 0 Å². The van der Waals surface area contributed by atoms with Gasteiger partial charge in [0.15, 0.2) is 0 Å². The van der Waals surface area contributed by atoms with Crippen LogP contribution in [0.1, 0.15) is 13.8 Å². The summed E-state index contributed by atoms with van der Waals surface area (Å²) in [4.78, 5) is 10.4. The smallest absolute Gasteiger partial charge is 0.224 e. The monoisotopic (exact) mass is 163 g/mol. The molecule has 0 aromatic carbocycles. The fourth-order valence-electron chi connectivity index (χ4n) is 0.731. The number of carbonyl (C=O) groups is 1. The third-order valence-corrected chi connectivity index (χ3v) is 4.79. The van der Waals surface area contributed by atoms with Crippen LogP contribution in [-0.4, -0.2) is 24.4 Å². The zero-order valence-corrected chi connectivity index (χ0v) is 7.36. The molecule has 0 aromatic rings. The van der Waals surface area contributed by atoms with E-state index in [4.69, 9.17) is 5.73 Å². The number of nitrogens with two attached hydrogens (primary N) is 1. The molecule has 0 saturated carbocycles. The van der Waals surface area contributed by atoms with Crippen LogP contribution in [0.2, 0.25) is 0 Å². The topological polar surface area (TPSA) is 60.2 Å². The molecule has 2 N–H and O–H groups in total. The summed E-state index contributed by atoms with van der Waals surface area (Å²) in [6, 6.07) is 0. The number of hydrogen-bond donors (Lipinski definition) is 1. The van der Waals surface area contributed by atoms with Crippen LogP contribution in [0, 0.1) is 0 Å². The van der Waals surface area contributed by atoms with Crippen LogP contribution < -0.4 is 5.73 Å². The average molecular weight is 163 g/mol. The van der Waals surface area contributed by atoms with Crippen LogP contribution >= 0.6 is 7.14 Å². The van der Waals surface area contributed by atoms with E-state index in [2.05, 4.69) is 0 Å². The molecule has 0 radical (unpaired) electrons. The van der Waals surface area contributed by atoms with Crippen molar-refractivity contribution in [1.29, 1.82) is 0 Å². The quantitative estimate of drug-likeness (QED) is 0.625. The first kappa shape index (κ1) is 9.70. The fraction of sp³-hybridized carbons (Fsp3) is 0.833.